The Morgan fingerprint density at radius 3 is 2.50 bits per heavy atom. The van der Waals surface area contributed by atoms with E-state index in [0.717, 1.165) is 50.3 Å². The summed E-state index contributed by atoms with van der Waals surface area (Å²) in [6, 6.07) is 18.6. The van der Waals surface area contributed by atoms with Crippen LogP contribution >= 0.6 is 12.4 Å². The van der Waals surface area contributed by atoms with Gasteiger partial charge in [0.05, 0.1) is 0 Å². The number of carbonyl (C=O) groups is 1. The summed E-state index contributed by atoms with van der Waals surface area (Å²) in [5.41, 5.74) is 3.16. The van der Waals surface area contributed by atoms with E-state index in [0.29, 0.717) is 0 Å². The molecule has 2 N–H and O–H groups in total. The van der Waals surface area contributed by atoms with Crippen LogP contribution in [0.2, 0.25) is 0 Å². The van der Waals surface area contributed by atoms with Crippen LogP contribution in [0.3, 0.4) is 0 Å². The summed E-state index contributed by atoms with van der Waals surface area (Å²) in [6.07, 6.45) is 2.17. The summed E-state index contributed by atoms with van der Waals surface area (Å²) < 4.78 is 0. The minimum atomic E-state index is 0. The molecule has 2 aromatic carbocycles. The molecule has 0 saturated carbocycles. The Bertz CT molecular complexity index is 669. The fourth-order valence-electron chi connectivity index (χ4n) is 3.26. The number of piperidine rings is 1. The lowest BCUT2D eigenvalue weighted by Gasteiger charge is -2.25. The molecule has 1 atom stereocenters. The number of amides is 1. The van der Waals surface area contributed by atoms with E-state index in [1.165, 1.54) is 5.56 Å². The summed E-state index contributed by atoms with van der Waals surface area (Å²) in [4.78, 5) is 14.7. The number of benzene rings is 2. The minimum Gasteiger partial charge on any atom is -0.367 e. The smallest absolute Gasteiger partial charge is 0.251 e. The summed E-state index contributed by atoms with van der Waals surface area (Å²) >= 11 is 0. The zero-order chi connectivity index (χ0) is 17.5. The third-order valence-corrected chi connectivity index (χ3v) is 4.72. The van der Waals surface area contributed by atoms with Crippen molar-refractivity contribution in [2.45, 2.75) is 32.4 Å². The molecular formula is C21H28ClN3O. The van der Waals surface area contributed by atoms with Gasteiger partial charge in [-0.25, -0.2) is 0 Å². The molecule has 0 aromatic heterocycles. The maximum atomic E-state index is 12.4. The van der Waals surface area contributed by atoms with Crippen molar-refractivity contribution in [3.05, 3.63) is 65.7 Å². The maximum absolute atomic E-state index is 12.4. The van der Waals surface area contributed by atoms with Gasteiger partial charge in [0.2, 0.25) is 0 Å². The molecule has 1 amide bonds. The zero-order valence-electron chi connectivity index (χ0n) is 15.3. The molecule has 1 heterocycles. The summed E-state index contributed by atoms with van der Waals surface area (Å²) in [6.45, 7) is 5.87. The molecule has 4 nitrogen and oxygen atoms in total. The lowest BCUT2D eigenvalue weighted by atomic mass is 10.1. The lowest BCUT2D eigenvalue weighted by molar-refractivity contribution is 0.0930. The van der Waals surface area contributed by atoms with E-state index >= 15 is 0 Å². The number of nitrogens with zero attached hydrogens (tertiary/aromatic N) is 1. The number of carbonyl (C=O) groups excluding carboxylic acids is 1. The van der Waals surface area contributed by atoms with Crippen LogP contribution in [0.25, 0.3) is 0 Å². The Hall–Kier alpha value is -2.04. The van der Waals surface area contributed by atoms with Gasteiger partial charge in [-0.3, -0.25) is 4.79 Å². The van der Waals surface area contributed by atoms with Crippen LogP contribution in [0, 0.1) is 0 Å². The van der Waals surface area contributed by atoms with Gasteiger partial charge in [0.1, 0.15) is 0 Å². The number of hydrogen-bond donors (Lipinski definition) is 2. The predicted molar refractivity (Wildman–Crippen MR) is 110 cm³/mol. The minimum absolute atomic E-state index is 0. The Morgan fingerprint density at radius 2 is 1.88 bits per heavy atom. The number of rotatable bonds is 6. The number of halogens is 1. The number of hydrogen-bond acceptors (Lipinski definition) is 3. The fraction of sp³-hybridized carbons (Fsp3) is 0.381. The highest BCUT2D eigenvalue weighted by molar-refractivity contribution is 5.94. The molecule has 1 saturated heterocycles. The van der Waals surface area contributed by atoms with E-state index < -0.39 is 0 Å². The first-order chi connectivity index (χ1) is 12.3. The molecule has 1 aliphatic rings. The van der Waals surface area contributed by atoms with Crippen LogP contribution in [0.5, 0.6) is 0 Å². The van der Waals surface area contributed by atoms with E-state index in [4.69, 9.17) is 0 Å². The number of nitrogens with one attached hydrogen (secondary N) is 2. The second kappa shape index (κ2) is 10.2. The monoisotopic (exact) mass is 373 g/mol. The van der Waals surface area contributed by atoms with Crippen LogP contribution in [0.15, 0.2) is 54.6 Å². The van der Waals surface area contributed by atoms with E-state index in [-0.39, 0.29) is 24.4 Å². The quantitative estimate of drug-likeness (QED) is 0.812. The molecule has 1 unspecified atom stereocenters. The topological polar surface area (TPSA) is 44.4 Å². The molecule has 0 bridgehead atoms. The van der Waals surface area contributed by atoms with Crippen LogP contribution < -0.4 is 15.5 Å². The fourth-order valence-corrected chi connectivity index (χ4v) is 3.26. The van der Waals surface area contributed by atoms with E-state index in [1.54, 1.807) is 0 Å². The van der Waals surface area contributed by atoms with Gasteiger partial charge in [0.25, 0.3) is 5.91 Å². The molecule has 26 heavy (non-hydrogen) atoms. The predicted octanol–water partition coefficient (Wildman–Crippen LogP) is 3.62. The van der Waals surface area contributed by atoms with Gasteiger partial charge in [-0.2, -0.15) is 0 Å². The van der Waals surface area contributed by atoms with E-state index in [2.05, 4.69) is 46.7 Å². The van der Waals surface area contributed by atoms with Crippen LogP contribution in [0.4, 0.5) is 5.69 Å². The first kappa shape index (κ1) is 20.3. The second-order valence-corrected chi connectivity index (χ2v) is 6.56. The van der Waals surface area contributed by atoms with E-state index in [9.17, 15) is 4.79 Å². The van der Waals surface area contributed by atoms with Gasteiger partial charge in [-0.05, 0) is 56.1 Å². The van der Waals surface area contributed by atoms with Gasteiger partial charge in [-0.15, -0.1) is 12.4 Å². The lowest BCUT2D eigenvalue weighted by Crippen LogP contribution is -2.45. The third kappa shape index (κ3) is 5.48. The average molecular weight is 374 g/mol. The first-order valence-electron chi connectivity index (χ1n) is 9.17. The average Bonchev–Trinajstić information content (AvgIpc) is 2.68. The summed E-state index contributed by atoms with van der Waals surface area (Å²) in [5, 5.41) is 6.45. The van der Waals surface area contributed by atoms with Crippen LogP contribution in [-0.4, -0.2) is 31.6 Å². The van der Waals surface area contributed by atoms with Gasteiger partial charge < -0.3 is 15.5 Å². The Kier molecular flexibility index (Phi) is 7.95. The van der Waals surface area contributed by atoms with Crippen molar-refractivity contribution in [1.82, 2.24) is 10.6 Å². The highest BCUT2D eigenvalue weighted by Crippen LogP contribution is 2.18. The van der Waals surface area contributed by atoms with Gasteiger partial charge >= 0.3 is 0 Å². The van der Waals surface area contributed by atoms with Crippen molar-refractivity contribution in [2.24, 2.45) is 0 Å². The zero-order valence-corrected chi connectivity index (χ0v) is 16.1. The molecule has 2 aromatic rings. The molecular weight excluding hydrogens is 346 g/mol. The van der Waals surface area contributed by atoms with E-state index in [1.807, 2.05) is 30.3 Å². The molecule has 0 radical (unpaired) electrons. The van der Waals surface area contributed by atoms with Crippen LogP contribution in [0.1, 0.15) is 35.7 Å². The SMILES string of the molecule is CCN(Cc1ccccc1)c1ccc(C(=O)NC2CCCNC2)cc1.Cl. The van der Waals surface area contributed by atoms with Gasteiger partial charge in [0, 0.05) is 36.9 Å². The first-order valence-corrected chi connectivity index (χ1v) is 9.17. The molecule has 3 rings (SSSR count). The largest absolute Gasteiger partial charge is 0.367 e. The Morgan fingerprint density at radius 1 is 1.15 bits per heavy atom. The summed E-state index contributed by atoms with van der Waals surface area (Å²) in [5.74, 6) is 0.0198. The van der Waals surface area contributed by atoms with Gasteiger partial charge in [-0.1, -0.05) is 30.3 Å². The number of anilines is 1. The van der Waals surface area contributed by atoms with Crippen molar-refractivity contribution >= 4 is 24.0 Å². The second-order valence-electron chi connectivity index (χ2n) is 6.56. The van der Waals surface area contributed by atoms with Gasteiger partial charge in [0.15, 0.2) is 0 Å². The molecule has 0 aliphatic carbocycles. The standard InChI is InChI=1S/C21H27N3O.ClH/c1-2-24(16-17-7-4-3-5-8-17)20-12-10-18(11-13-20)21(25)23-19-9-6-14-22-15-19;/h3-5,7-8,10-13,19,22H,2,6,9,14-16H2,1H3,(H,23,25);1H. The molecule has 140 valence electrons. The van der Waals surface area contributed by atoms with Crippen molar-refractivity contribution in [3.8, 4) is 0 Å². The van der Waals surface area contributed by atoms with Crippen molar-refractivity contribution < 1.29 is 4.79 Å². The molecule has 1 fully saturated rings. The Balaban J connectivity index is 0.00000243. The van der Waals surface area contributed by atoms with Crippen LogP contribution in [-0.2, 0) is 6.54 Å². The molecule has 5 heteroatoms. The Labute approximate surface area is 162 Å². The van der Waals surface area contributed by atoms with Crippen molar-refractivity contribution in [1.29, 1.82) is 0 Å². The summed E-state index contributed by atoms with van der Waals surface area (Å²) in [7, 11) is 0. The highest BCUT2D eigenvalue weighted by atomic mass is 35.5. The highest BCUT2D eigenvalue weighted by Gasteiger charge is 2.16. The normalized spacial score (nSPS) is 16.4. The molecule has 0 spiro atoms. The third-order valence-electron chi connectivity index (χ3n) is 4.72. The van der Waals surface area contributed by atoms with Crippen molar-refractivity contribution in [2.75, 3.05) is 24.5 Å². The van der Waals surface area contributed by atoms with Crippen molar-refractivity contribution in [3.63, 3.8) is 0 Å². The maximum Gasteiger partial charge on any atom is 0.251 e. The molecule has 1 aliphatic heterocycles.